The number of hydrogen-bond acceptors (Lipinski definition) is 4. The highest BCUT2D eigenvalue weighted by Crippen LogP contribution is 1.92. The van der Waals surface area contributed by atoms with E-state index in [-0.39, 0.29) is 9.80 Å². The SMILES string of the molecule is CS(=O)(=O)CNCC(I)C=O. The number of carbonyl (C=O) groups excluding carboxylic acids is 1. The van der Waals surface area contributed by atoms with E-state index >= 15 is 0 Å². The van der Waals surface area contributed by atoms with Gasteiger partial charge in [-0.1, -0.05) is 22.6 Å². The second-order valence-corrected chi connectivity index (χ2v) is 5.92. The van der Waals surface area contributed by atoms with Gasteiger partial charge in [0.15, 0.2) is 9.84 Å². The first-order valence-corrected chi connectivity index (χ1v) is 6.24. The highest BCUT2D eigenvalue weighted by atomic mass is 127. The lowest BCUT2D eigenvalue weighted by Crippen LogP contribution is -2.28. The normalized spacial score (nSPS) is 14.4. The van der Waals surface area contributed by atoms with Gasteiger partial charge in [-0.15, -0.1) is 0 Å². The van der Waals surface area contributed by atoms with Crippen LogP contribution in [0.5, 0.6) is 0 Å². The summed E-state index contributed by atoms with van der Waals surface area (Å²) in [7, 11) is -2.96. The van der Waals surface area contributed by atoms with Gasteiger partial charge < -0.3 is 10.1 Å². The predicted octanol–water partition coefficient (Wildman–Crippen LogP) is -0.419. The molecule has 0 aromatic heterocycles. The number of sulfone groups is 1. The lowest BCUT2D eigenvalue weighted by Gasteiger charge is -2.02. The number of aldehydes is 1. The van der Waals surface area contributed by atoms with Gasteiger partial charge in [-0.3, -0.25) is 0 Å². The van der Waals surface area contributed by atoms with E-state index in [4.69, 9.17) is 0 Å². The standard InChI is InChI=1S/C5H10INO3S/c1-11(9,10)4-7-2-5(6)3-8/h3,5,7H,2,4H2,1H3. The lowest BCUT2D eigenvalue weighted by atomic mass is 10.5. The smallest absolute Gasteiger partial charge is 0.160 e. The van der Waals surface area contributed by atoms with Crippen molar-refractivity contribution in [3.05, 3.63) is 0 Å². The molecule has 11 heavy (non-hydrogen) atoms. The lowest BCUT2D eigenvalue weighted by molar-refractivity contribution is -0.107. The summed E-state index contributed by atoms with van der Waals surface area (Å²) in [4.78, 5) is 10.1. The summed E-state index contributed by atoms with van der Waals surface area (Å²) in [5, 5.41) is 2.65. The van der Waals surface area contributed by atoms with Crippen molar-refractivity contribution in [1.29, 1.82) is 0 Å². The fraction of sp³-hybridized carbons (Fsp3) is 0.800. The van der Waals surface area contributed by atoms with Gasteiger partial charge in [0.2, 0.25) is 0 Å². The Labute approximate surface area is 79.8 Å². The molecule has 0 saturated carbocycles. The second-order valence-electron chi connectivity index (χ2n) is 2.18. The third-order valence-corrected chi connectivity index (χ3v) is 2.31. The van der Waals surface area contributed by atoms with Gasteiger partial charge in [-0.25, -0.2) is 8.42 Å². The summed E-state index contributed by atoms with van der Waals surface area (Å²) in [6.07, 6.45) is 1.92. The molecular weight excluding hydrogens is 281 g/mol. The quantitative estimate of drug-likeness (QED) is 0.424. The molecule has 0 spiro atoms. The first-order valence-electron chi connectivity index (χ1n) is 2.93. The van der Waals surface area contributed by atoms with Crippen LogP contribution in [0.2, 0.25) is 0 Å². The van der Waals surface area contributed by atoms with Crippen LogP contribution < -0.4 is 5.32 Å². The maximum absolute atomic E-state index is 10.5. The molecule has 0 fully saturated rings. The molecule has 0 amide bonds. The Kier molecular flexibility index (Phi) is 5.19. The molecule has 0 aliphatic heterocycles. The van der Waals surface area contributed by atoms with Crippen molar-refractivity contribution in [2.75, 3.05) is 18.7 Å². The number of nitrogens with one attached hydrogen (secondary N) is 1. The van der Waals surface area contributed by atoms with Gasteiger partial charge in [0.25, 0.3) is 0 Å². The minimum atomic E-state index is -2.96. The topological polar surface area (TPSA) is 63.2 Å². The van der Waals surface area contributed by atoms with E-state index in [9.17, 15) is 13.2 Å². The minimum absolute atomic E-state index is 0.0691. The Morgan fingerprint density at radius 1 is 1.64 bits per heavy atom. The van der Waals surface area contributed by atoms with Crippen LogP contribution >= 0.6 is 22.6 Å². The molecule has 0 aliphatic rings. The Hall–Kier alpha value is 0.310. The molecule has 0 aromatic carbocycles. The molecule has 0 saturated heterocycles. The van der Waals surface area contributed by atoms with E-state index in [1.165, 1.54) is 0 Å². The minimum Gasteiger partial charge on any atom is -0.302 e. The molecule has 0 bridgehead atoms. The first kappa shape index (κ1) is 11.3. The van der Waals surface area contributed by atoms with Gasteiger partial charge in [-0.2, -0.15) is 0 Å². The maximum Gasteiger partial charge on any atom is 0.160 e. The van der Waals surface area contributed by atoms with Crippen LogP contribution in [0.4, 0.5) is 0 Å². The van der Waals surface area contributed by atoms with Crippen molar-refractivity contribution in [3.8, 4) is 0 Å². The zero-order valence-electron chi connectivity index (χ0n) is 6.08. The Morgan fingerprint density at radius 3 is 2.55 bits per heavy atom. The summed E-state index contributed by atoms with van der Waals surface area (Å²) in [6, 6.07) is 0. The van der Waals surface area contributed by atoms with Gasteiger partial charge in [0, 0.05) is 12.8 Å². The van der Waals surface area contributed by atoms with Crippen LogP contribution in [0.3, 0.4) is 0 Å². The molecular formula is C5H10INO3S. The summed E-state index contributed by atoms with van der Waals surface area (Å²) >= 11 is 1.93. The molecule has 6 heteroatoms. The highest BCUT2D eigenvalue weighted by Gasteiger charge is 2.03. The average Bonchev–Trinajstić information content (AvgIpc) is 1.85. The van der Waals surface area contributed by atoms with Gasteiger partial charge >= 0.3 is 0 Å². The third kappa shape index (κ3) is 8.21. The molecule has 0 aliphatic carbocycles. The zero-order valence-corrected chi connectivity index (χ0v) is 9.05. The highest BCUT2D eigenvalue weighted by molar-refractivity contribution is 14.1. The van der Waals surface area contributed by atoms with Crippen LogP contribution in [0, 0.1) is 0 Å². The van der Waals surface area contributed by atoms with Crippen molar-refractivity contribution in [3.63, 3.8) is 0 Å². The van der Waals surface area contributed by atoms with E-state index in [2.05, 4.69) is 5.32 Å². The van der Waals surface area contributed by atoms with E-state index in [0.717, 1.165) is 12.5 Å². The summed E-state index contributed by atoms with van der Waals surface area (Å²) < 4.78 is 20.9. The molecule has 0 rings (SSSR count). The van der Waals surface area contributed by atoms with E-state index < -0.39 is 9.84 Å². The molecule has 1 N–H and O–H groups in total. The fourth-order valence-electron chi connectivity index (χ4n) is 0.430. The van der Waals surface area contributed by atoms with Crippen LogP contribution in [0.25, 0.3) is 0 Å². The molecule has 0 aromatic rings. The van der Waals surface area contributed by atoms with Crippen molar-refractivity contribution in [2.45, 2.75) is 3.92 Å². The molecule has 1 unspecified atom stereocenters. The van der Waals surface area contributed by atoms with Gasteiger partial charge in [0.05, 0.1) is 9.80 Å². The molecule has 0 heterocycles. The Bertz CT molecular complexity index is 214. The summed E-state index contributed by atoms with van der Waals surface area (Å²) in [5.41, 5.74) is 0. The van der Waals surface area contributed by atoms with Gasteiger partial charge in [0.1, 0.15) is 6.29 Å². The maximum atomic E-state index is 10.5. The van der Waals surface area contributed by atoms with Crippen LogP contribution in [-0.4, -0.2) is 37.3 Å². The predicted molar refractivity (Wildman–Crippen MR) is 51.6 cm³/mol. The number of rotatable bonds is 5. The molecule has 66 valence electrons. The molecule has 1 atom stereocenters. The number of halogens is 1. The fourth-order valence-corrected chi connectivity index (χ4v) is 1.23. The zero-order chi connectivity index (χ0) is 8.91. The van der Waals surface area contributed by atoms with E-state index in [1.807, 2.05) is 22.6 Å². The second kappa shape index (κ2) is 5.04. The monoisotopic (exact) mass is 291 g/mol. The molecule has 0 radical (unpaired) electrons. The van der Waals surface area contributed by atoms with E-state index in [1.54, 1.807) is 0 Å². The van der Waals surface area contributed by atoms with Crippen LogP contribution in [0.15, 0.2) is 0 Å². The summed E-state index contributed by atoms with van der Waals surface area (Å²) in [6.45, 7) is 0.400. The molecule has 4 nitrogen and oxygen atoms in total. The first-order chi connectivity index (χ1) is 4.95. The van der Waals surface area contributed by atoms with Crippen molar-refractivity contribution >= 4 is 38.7 Å². The van der Waals surface area contributed by atoms with Crippen molar-refractivity contribution in [1.82, 2.24) is 5.32 Å². The summed E-state index contributed by atoms with van der Waals surface area (Å²) in [5.74, 6) is -0.0691. The van der Waals surface area contributed by atoms with E-state index in [0.29, 0.717) is 6.54 Å². The Morgan fingerprint density at radius 2 is 2.18 bits per heavy atom. The van der Waals surface area contributed by atoms with Crippen LogP contribution in [-0.2, 0) is 14.6 Å². The van der Waals surface area contributed by atoms with Gasteiger partial charge in [-0.05, 0) is 0 Å². The third-order valence-electron chi connectivity index (χ3n) is 0.851. The number of carbonyl (C=O) groups is 1. The largest absolute Gasteiger partial charge is 0.302 e. The Balaban J connectivity index is 3.51. The van der Waals surface area contributed by atoms with Crippen LogP contribution in [0.1, 0.15) is 0 Å². The van der Waals surface area contributed by atoms with Crippen molar-refractivity contribution < 1.29 is 13.2 Å². The average molecular weight is 291 g/mol. The number of alkyl halides is 1. The number of hydrogen-bond donors (Lipinski definition) is 1. The van der Waals surface area contributed by atoms with Crippen molar-refractivity contribution in [2.24, 2.45) is 0 Å².